The van der Waals surface area contributed by atoms with Crippen LogP contribution in [0.3, 0.4) is 0 Å². The number of thiocarbonyl (C=S) groups is 1. The summed E-state index contributed by atoms with van der Waals surface area (Å²) in [6.45, 7) is 2.00. The van der Waals surface area contributed by atoms with E-state index in [4.69, 9.17) is 18.0 Å². The molecule has 1 aliphatic heterocycles. The zero-order chi connectivity index (χ0) is 14.8. The number of carbonyl (C=O) groups excluding carboxylic acids is 1. The van der Waals surface area contributed by atoms with Crippen molar-refractivity contribution in [2.45, 2.75) is 6.42 Å². The van der Waals surface area contributed by atoms with Gasteiger partial charge in [0.05, 0.1) is 5.52 Å². The Morgan fingerprint density at radius 2 is 2.14 bits per heavy atom. The number of nitrogens with two attached hydrogens (primary N) is 1. The number of para-hydroxylation sites is 1. The van der Waals surface area contributed by atoms with Crippen LogP contribution in [-0.4, -0.2) is 35.5 Å². The molecule has 5 nitrogen and oxygen atoms in total. The highest BCUT2D eigenvalue weighted by Gasteiger charge is 2.17. The molecule has 0 saturated carbocycles. The Bertz CT molecular complexity index is 716. The lowest BCUT2D eigenvalue weighted by atomic mass is 10.1. The molecule has 2 aromatic rings. The summed E-state index contributed by atoms with van der Waals surface area (Å²) in [7, 11) is 0. The third-order valence-electron chi connectivity index (χ3n) is 3.60. The van der Waals surface area contributed by atoms with E-state index < -0.39 is 0 Å². The van der Waals surface area contributed by atoms with Crippen LogP contribution in [-0.2, 0) is 4.79 Å². The monoisotopic (exact) mass is 300 g/mol. The van der Waals surface area contributed by atoms with Gasteiger partial charge in [-0.25, -0.2) is 4.98 Å². The number of nitrogens with one attached hydrogen (secondary N) is 1. The molecule has 1 amide bonds. The molecule has 1 aromatic carbocycles. The fourth-order valence-corrected chi connectivity index (χ4v) is 2.69. The zero-order valence-corrected chi connectivity index (χ0v) is 12.3. The summed E-state index contributed by atoms with van der Waals surface area (Å²) in [6.07, 6.45) is 0.469. The number of aromatic nitrogens is 1. The molecule has 0 bridgehead atoms. The summed E-state index contributed by atoms with van der Waals surface area (Å²) < 4.78 is 0. The highest BCUT2D eigenvalue weighted by molar-refractivity contribution is 7.80. The maximum absolute atomic E-state index is 11.4. The highest BCUT2D eigenvalue weighted by atomic mass is 32.1. The molecule has 3 N–H and O–H groups in total. The predicted molar refractivity (Wildman–Crippen MR) is 87.5 cm³/mol. The van der Waals surface area contributed by atoms with Crippen LogP contribution in [0.25, 0.3) is 10.9 Å². The second-order valence-electron chi connectivity index (χ2n) is 5.00. The normalized spacial score (nSPS) is 15.6. The van der Waals surface area contributed by atoms with E-state index in [1.807, 2.05) is 30.3 Å². The molecule has 1 aliphatic rings. The molecular formula is C15H16N4OS. The van der Waals surface area contributed by atoms with Gasteiger partial charge in [0.1, 0.15) is 10.8 Å². The zero-order valence-electron chi connectivity index (χ0n) is 11.5. The van der Waals surface area contributed by atoms with Crippen LogP contribution in [0.2, 0.25) is 0 Å². The molecule has 1 aromatic heterocycles. The predicted octanol–water partition coefficient (Wildman–Crippen LogP) is 1.20. The summed E-state index contributed by atoms with van der Waals surface area (Å²) in [4.78, 5) is 18.6. The number of fused-ring (bicyclic) bond motifs is 1. The molecule has 6 heteroatoms. The Morgan fingerprint density at radius 1 is 1.33 bits per heavy atom. The topological polar surface area (TPSA) is 71.2 Å². The van der Waals surface area contributed by atoms with E-state index in [0.717, 1.165) is 28.8 Å². The van der Waals surface area contributed by atoms with E-state index >= 15 is 0 Å². The Kier molecular flexibility index (Phi) is 3.70. The number of hydrogen-bond donors (Lipinski definition) is 2. The lowest BCUT2D eigenvalue weighted by Crippen LogP contribution is -2.29. The van der Waals surface area contributed by atoms with Crippen LogP contribution in [0, 0.1) is 0 Å². The molecular weight excluding hydrogens is 284 g/mol. The van der Waals surface area contributed by atoms with E-state index in [1.54, 1.807) is 0 Å². The van der Waals surface area contributed by atoms with Gasteiger partial charge in [-0.15, -0.1) is 0 Å². The summed E-state index contributed by atoms with van der Waals surface area (Å²) in [6, 6.07) is 9.71. The molecule has 21 heavy (non-hydrogen) atoms. The molecule has 0 unspecified atom stereocenters. The van der Waals surface area contributed by atoms with Crippen LogP contribution in [0.1, 0.15) is 12.0 Å². The summed E-state index contributed by atoms with van der Waals surface area (Å²) in [5.74, 6) is 0.890. The van der Waals surface area contributed by atoms with Crippen molar-refractivity contribution in [3.05, 3.63) is 35.9 Å². The first-order valence-electron chi connectivity index (χ1n) is 6.86. The van der Waals surface area contributed by atoms with Gasteiger partial charge in [0.2, 0.25) is 5.91 Å². The number of nitrogens with zero attached hydrogens (tertiary/aromatic N) is 2. The van der Waals surface area contributed by atoms with Gasteiger partial charge in [-0.3, -0.25) is 4.79 Å². The lowest BCUT2D eigenvalue weighted by Gasteiger charge is -2.22. The molecule has 0 radical (unpaired) electrons. The largest absolute Gasteiger partial charge is 0.389 e. The number of hydrogen-bond acceptors (Lipinski definition) is 4. The van der Waals surface area contributed by atoms with Crippen LogP contribution in [0.5, 0.6) is 0 Å². The molecule has 2 heterocycles. The Morgan fingerprint density at radius 3 is 2.95 bits per heavy atom. The third kappa shape index (κ3) is 2.80. The standard InChI is InChI=1S/C15H16N4OS/c16-15(21)11-9-13(18-12-4-2-1-3-10(11)12)19-7-5-14(20)17-6-8-19/h1-4,9H,5-8H2,(H2,16,21)(H,17,20). The minimum absolute atomic E-state index is 0.0767. The van der Waals surface area contributed by atoms with Gasteiger partial charge < -0.3 is 16.0 Å². The van der Waals surface area contributed by atoms with E-state index in [2.05, 4.69) is 15.2 Å². The summed E-state index contributed by atoms with van der Waals surface area (Å²) >= 11 is 5.16. The lowest BCUT2D eigenvalue weighted by molar-refractivity contribution is -0.120. The number of amides is 1. The quantitative estimate of drug-likeness (QED) is 0.815. The first-order valence-corrected chi connectivity index (χ1v) is 7.27. The fourth-order valence-electron chi connectivity index (χ4n) is 2.52. The number of pyridine rings is 1. The number of carbonyl (C=O) groups is 1. The van der Waals surface area contributed by atoms with Crippen LogP contribution in [0.15, 0.2) is 30.3 Å². The van der Waals surface area contributed by atoms with Crippen molar-refractivity contribution in [3.8, 4) is 0 Å². The molecule has 0 spiro atoms. The maximum atomic E-state index is 11.4. The smallest absolute Gasteiger partial charge is 0.221 e. The highest BCUT2D eigenvalue weighted by Crippen LogP contribution is 2.23. The average Bonchev–Trinajstić information content (AvgIpc) is 2.70. The van der Waals surface area contributed by atoms with Gasteiger partial charge in [-0.1, -0.05) is 30.4 Å². The van der Waals surface area contributed by atoms with Crippen molar-refractivity contribution in [2.24, 2.45) is 5.73 Å². The van der Waals surface area contributed by atoms with E-state index in [0.29, 0.717) is 24.5 Å². The van der Waals surface area contributed by atoms with Crippen molar-refractivity contribution in [1.82, 2.24) is 10.3 Å². The van der Waals surface area contributed by atoms with E-state index in [9.17, 15) is 4.79 Å². The molecule has 0 aliphatic carbocycles. The molecule has 1 fully saturated rings. The molecule has 108 valence electrons. The SMILES string of the molecule is NC(=S)c1cc(N2CCNC(=O)CC2)nc2ccccc12. The molecule has 0 atom stereocenters. The van der Waals surface area contributed by atoms with Gasteiger partial charge in [0.15, 0.2) is 0 Å². The molecule has 3 rings (SSSR count). The van der Waals surface area contributed by atoms with Crippen molar-refractivity contribution in [3.63, 3.8) is 0 Å². The first-order chi connectivity index (χ1) is 10.1. The van der Waals surface area contributed by atoms with Crippen LogP contribution >= 0.6 is 12.2 Å². The second kappa shape index (κ2) is 5.65. The summed E-state index contributed by atoms with van der Waals surface area (Å²) in [5, 5.41) is 3.82. The number of benzene rings is 1. The second-order valence-corrected chi connectivity index (χ2v) is 5.44. The van der Waals surface area contributed by atoms with Gasteiger partial charge in [-0.2, -0.15) is 0 Å². The van der Waals surface area contributed by atoms with E-state index in [-0.39, 0.29) is 5.91 Å². The van der Waals surface area contributed by atoms with Crippen LogP contribution < -0.4 is 16.0 Å². The number of anilines is 1. The van der Waals surface area contributed by atoms with Crippen molar-refractivity contribution in [2.75, 3.05) is 24.5 Å². The van der Waals surface area contributed by atoms with Gasteiger partial charge in [-0.05, 0) is 12.1 Å². The third-order valence-corrected chi connectivity index (χ3v) is 3.82. The minimum atomic E-state index is 0.0767. The van der Waals surface area contributed by atoms with Crippen molar-refractivity contribution >= 4 is 39.8 Å². The van der Waals surface area contributed by atoms with Gasteiger partial charge >= 0.3 is 0 Å². The minimum Gasteiger partial charge on any atom is -0.389 e. The van der Waals surface area contributed by atoms with Crippen LogP contribution in [0.4, 0.5) is 5.82 Å². The average molecular weight is 300 g/mol. The Hall–Kier alpha value is -2.21. The van der Waals surface area contributed by atoms with Crippen molar-refractivity contribution in [1.29, 1.82) is 0 Å². The summed E-state index contributed by atoms with van der Waals surface area (Å²) in [5.41, 5.74) is 7.54. The van der Waals surface area contributed by atoms with E-state index in [1.165, 1.54) is 0 Å². The maximum Gasteiger partial charge on any atom is 0.221 e. The number of rotatable bonds is 2. The fraction of sp³-hybridized carbons (Fsp3) is 0.267. The molecule has 1 saturated heterocycles. The van der Waals surface area contributed by atoms with Gasteiger partial charge in [0, 0.05) is 37.0 Å². The Labute approximate surface area is 128 Å². The van der Waals surface area contributed by atoms with Gasteiger partial charge in [0.25, 0.3) is 0 Å². The van der Waals surface area contributed by atoms with Crippen molar-refractivity contribution < 1.29 is 4.79 Å². The Balaban J connectivity index is 2.06. The first kappa shape index (κ1) is 13.8.